The number of hydrogen-bond acceptors (Lipinski definition) is 4. The summed E-state index contributed by atoms with van der Waals surface area (Å²) < 4.78 is 0. The molecule has 0 aliphatic rings. The van der Waals surface area contributed by atoms with E-state index in [1.54, 1.807) is 6.20 Å². The molecule has 4 rings (SSSR count). The van der Waals surface area contributed by atoms with E-state index in [1.165, 1.54) is 5.56 Å². The lowest BCUT2D eigenvalue weighted by Gasteiger charge is -2.11. The second kappa shape index (κ2) is 6.12. The van der Waals surface area contributed by atoms with Gasteiger partial charge in [-0.25, -0.2) is 15.0 Å². The van der Waals surface area contributed by atoms with E-state index in [9.17, 15) is 0 Å². The van der Waals surface area contributed by atoms with E-state index < -0.39 is 0 Å². The molecule has 0 aliphatic heterocycles. The summed E-state index contributed by atoms with van der Waals surface area (Å²) in [7, 11) is 0. The number of nitrogens with one attached hydrogen (secondary N) is 2. The van der Waals surface area contributed by atoms with E-state index in [0.717, 1.165) is 34.1 Å². The van der Waals surface area contributed by atoms with Gasteiger partial charge in [-0.3, -0.25) is 0 Å². The van der Waals surface area contributed by atoms with Gasteiger partial charge in [0.1, 0.15) is 17.5 Å². The summed E-state index contributed by atoms with van der Waals surface area (Å²) in [5.41, 5.74) is 3.14. The summed E-state index contributed by atoms with van der Waals surface area (Å²) in [6, 6.07) is 16.3. The van der Waals surface area contributed by atoms with Crippen LogP contribution in [0.4, 0.5) is 11.5 Å². The number of rotatable bonds is 4. The number of aryl methyl sites for hydroxylation is 1. The Morgan fingerprint density at radius 3 is 2.79 bits per heavy atom. The minimum absolute atomic E-state index is 0.570. The van der Waals surface area contributed by atoms with Crippen LogP contribution in [0.2, 0.25) is 0 Å². The Bertz CT molecular complexity index is 976. The number of benzene rings is 2. The summed E-state index contributed by atoms with van der Waals surface area (Å²) in [5.74, 6) is 2.40. The van der Waals surface area contributed by atoms with Crippen LogP contribution in [0.1, 0.15) is 17.2 Å². The molecule has 2 N–H and O–H groups in total. The van der Waals surface area contributed by atoms with Gasteiger partial charge in [0, 0.05) is 23.5 Å². The number of anilines is 2. The van der Waals surface area contributed by atoms with Gasteiger partial charge < -0.3 is 10.3 Å². The van der Waals surface area contributed by atoms with E-state index >= 15 is 0 Å². The van der Waals surface area contributed by atoms with Crippen molar-refractivity contribution in [1.29, 1.82) is 0 Å². The Labute approximate surface area is 139 Å². The number of hydrogen-bond donors (Lipinski definition) is 2. The molecule has 5 nitrogen and oxygen atoms in total. The monoisotopic (exact) mass is 315 g/mol. The number of aromatic nitrogens is 4. The van der Waals surface area contributed by atoms with Gasteiger partial charge in [0.05, 0.1) is 11.9 Å². The summed E-state index contributed by atoms with van der Waals surface area (Å²) in [6.45, 7) is 2.08. The van der Waals surface area contributed by atoms with Crippen molar-refractivity contribution >= 4 is 22.4 Å². The first-order valence-electron chi connectivity index (χ1n) is 7.85. The van der Waals surface area contributed by atoms with Gasteiger partial charge >= 0.3 is 0 Å². The zero-order valence-electron chi connectivity index (χ0n) is 13.3. The lowest BCUT2D eigenvalue weighted by molar-refractivity contribution is 0.929. The third-order valence-corrected chi connectivity index (χ3v) is 3.81. The minimum Gasteiger partial charge on any atom is -0.348 e. The number of nitrogens with zero attached hydrogens (tertiary/aromatic N) is 3. The van der Waals surface area contributed by atoms with Crippen LogP contribution in [-0.4, -0.2) is 19.9 Å². The molecule has 4 aromatic rings. The Hall–Kier alpha value is -3.21. The summed E-state index contributed by atoms with van der Waals surface area (Å²) >= 11 is 0. The fourth-order valence-corrected chi connectivity index (χ4v) is 2.70. The van der Waals surface area contributed by atoms with Crippen molar-refractivity contribution in [1.82, 2.24) is 19.9 Å². The average Bonchev–Trinajstić information content (AvgIpc) is 3.08. The Morgan fingerprint density at radius 2 is 1.96 bits per heavy atom. The van der Waals surface area contributed by atoms with Crippen LogP contribution < -0.4 is 5.32 Å². The molecule has 0 unspecified atom stereocenters. The zero-order chi connectivity index (χ0) is 16.4. The van der Waals surface area contributed by atoms with E-state index in [0.29, 0.717) is 6.42 Å². The van der Waals surface area contributed by atoms with Gasteiger partial charge in [0.25, 0.3) is 0 Å². The molecular formula is C19H17N5. The highest BCUT2D eigenvalue weighted by molar-refractivity contribution is 5.90. The molecule has 2 aromatic heterocycles. The summed E-state index contributed by atoms with van der Waals surface area (Å²) in [6.07, 6.45) is 4.12. The van der Waals surface area contributed by atoms with E-state index in [4.69, 9.17) is 4.98 Å². The van der Waals surface area contributed by atoms with E-state index in [-0.39, 0.29) is 0 Å². The summed E-state index contributed by atoms with van der Waals surface area (Å²) in [5, 5.41) is 4.43. The van der Waals surface area contributed by atoms with Crippen LogP contribution in [0.5, 0.6) is 0 Å². The molecular weight excluding hydrogens is 298 g/mol. The number of aromatic amines is 1. The Balaban J connectivity index is 1.77. The van der Waals surface area contributed by atoms with Crippen LogP contribution in [0, 0.1) is 6.92 Å². The van der Waals surface area contributed by atoms with Gasteiger partial charge in [-0.05, 0) is 36.8 Å². The molecule has 0 amide bonds. The molecule has 2 aromatic carbocycles. The molecule has 0 bridgehead atoms. The Morgan fingerprint density at radius 1 is 1.04 bits per heavy atom. The molecule has 0 saturated carbocycles. The fourth-order valence-electron chi connectivity index (χ4n) is 2.70. The maximum atomic E-state index is 4.72. The maximum absolute atomic E-state index is 4.72. The lowest BCUT2D eigenvalue weighted by atomic mass is 10.2. The smallest absolute Gasteiger partial charge is 0.142 e. The second-order valence-electron chi connectivity index (χ2n) is 5.71. The normalized spacial score (nSPS) is 10.9. The minimum atomic E-state index is 0.570. The van der Waals surface area contributed by atoms with Crippen molar-refractivity contribution in [2.45, 2.75) is 13.3 Å². The SMILES string of the molecule is Cc1cccc(Nc2nc(Cc3ncc[nH]3)nc3ccccc23)c1. The summed E-state index contributed by atoms with van der Waals surface area (Å²) in [4.78, 5) is 16.7. The highest BCUT2D eigenvalue weighted by Crippen LogP contribution is 2.24. The van der Waals surface area contributed by atoms with E-state index in [2.05, 4.69) is 39.3 Å². The van der Waals surface area contributed by atoms with Gasteiger partial charge in [0.15, 0.2) is 0 Å². The predicted molar refractivity (Wildman–Crippen MR) is 95.4 cm³/mol. The zero-order valence-corrected chi connectivity index (χ0v) is 13.3. The molecule has 118 valence electrons. The van der Waals surface area contributed by atoms with Crippen molar-refractivity contribution in [3.05, 3.63) is 78.1 Å². The number of imidazole rings is 1. The van der Waals surface area contributed by atoms with Crippen LogP contribution in [0.25, 0.3) is 10.9 Å². The van der Waals surface area contributed by atoms with Crippen LogP contribution in [-0.2, 0) is 6.42 Å². The molecule has 0 fully saturated rings. The molecule has 0 spiro atoms. The quantitative estimate of drug-likeness (QED) is 0.597. The predicted octanol–water partition coefficient (Wildman–Crippen LogP) is 4.00. The number of fused-ring (bicyclic) bond motifs is 1. The Kier molecular flexibility index (Phi) is 3.67. The number of H-pyrrole nitrogens is 1. The molecule has 2 heterocycles. The maximum Gasteiger partial charge on any atom is 0.142 e. The molecule has 24 heavy (non-hydrogen) atoms. The molecule has 5 heteroatoms. The first-order valence-corrected chi connectivity index (χ1v) is 7.85. The second-order valence-corrected chi connectivity index (χ2v) is 5.71. The standard InChI is InChI=1S/C19H17N5/c1-13-5-4-6-14(11-13)22-19-15-7-2-3-8-16(15)23-18(24-19)12-17-20-9-10-21-17/h2-11H,12H2,1H3,(H,20,21)(H,22,23,24). The van der Waals surface area contributed by atoms with Gasteiger partial charge in [-0.2, -0.15) is 0 Å². The molecule has 0 radical (unpaired) electrons. The van der Waals surface area contributed by atoms with Crippen molar-refractivity contribution < 1.29 is 0 Å². The lowest BCUT2D eigenvalue weighted by Crippen LogP contribution is -2.03. The molecule has 0 saturated heterocycles. The van der Waals surface area contributed by atoms with Crippen LogP contribution in [0.3, 0.4) is 0 Å². The van der Waals surface area contributed by atoms with E-state index in [1.807, 2.05) is 42.6 Å². The first-order chi connectivity index (χ1) is 11.8. The molecule has 0 aliphatic carbocycles. The highest BCUT2D eigenvalue weighted by Gasteiger charge is 2.09. The van der Waals surface area contributed by atoms with Crippen molar-refractivity contribution in [2.75, 3.05) is 5.32 Å². The van der Waals surface area contributed by atoms with Crippen molar-refractivity contribution in [3.63, 3.8) is 0 Å². The van der Waals surface area contributed by atoms with Gasteiger partial charge in [0.2, 0.25) is 0 Å². The third-order valence-electron chi connectivity index (χ3n) is 3.81. The topological polar surface area (TPSA) is 66.5 Å². The average molecular weight is 315 g/mol. The van der Waals surface area contributed by atoms with Crippen molar-refractivity contribution in [2.24, 2.45) is 0 Å². The van der Waals surface area contributed by atoms with Gasteiger partial charge in [-0.1, -0.05) is 24.3 Å². The largest absolute Gasteiger partial charge is 0.348 e. The fraction of sp³-hybridized carbons (Fsp3) is 0.105. The van der Waals surface area contributed by atoms with Crippen LogP contribution >= 0.6 is 0 Å². The first kappa shape index (κ1) is 14.4. The van der Waals surface area contributed by atoms with Gasteiger partial charge in [-0.15, -0.1) is 0 Å². The highest BCUT2D eigenvalue weighted by atomic mass is 15.0. The molecule has 0 atom stereocenters. The third kappa shape index (κ3) is 2.96. The van der Waals surface area contributed by atoms with Crippen LogP contribution in [0.15, 0.2) is 60.9 Å². The number of para-hydroxylation sites is 1. The van der Waals surface area contributed by atoms with Crippen molar-refractivity contribution in [3.8, 4) is 0 Å².